The molecule has 0 aliphatic carbocycles. The number of likely N-dealkylation sites (N-methyl/N-ethyl adjacent to an activating group) is 1. The monoisotopic (exact) mass is 413 g/mol. The smallest absolute Gasteiger partial charge is 0.241 e. The minimum Gasteiger partial charge on any atom is -0.497 e. The highest BCUT2D eigenvalue weighted by Gasteiger charge is 2.11. The highest BCUT2D eigenvalue weighted by molar-refractivity contribution is 5.86. The van der Waals surface area contributed by atoms with Crippen LogP contribution in [0.4, 0.5) is 0 Å². The summed E-state index contributed by atoms with van der Waals surface area (Å²) in [6, 6.07) is 13.2. The van der Waals surface area contributed by atoms with E-state index < -0.39 is 0 Å². The Morgan fingerprint density at radius 1 is 1.20 bits per heavy atom. The summed E-state index contributed by atoms with van der Waals surface area (Å²) in [5, 5.41) is 6.21. The van der Waals surface area contributed by atoms with Crippen molar-refractivity contribution >= 4 is 11.9 Å². The number of amides is 1. The first-order valence-corrected chi connectivity index (χ1v) is 9.91. The van der Waals surface area contributed by atoms with Crippen LogP contribution >= 0.6 is 0 Å². The lowest BCUT2D eigenvalue weighted by Crippen LogP contribution is -2.46. The van der Waals surface area contributed by atoms with E-state index in [1.54, 1.807) is 32.3 Å². The number of benzene rings is 1. The molecule has 1 aromatic carbocycles. The van der Waals surface area contributed by atoms with Crippen LogP contribution in [0.1, 0.15) is 12.6 Å². The summed E-state index contributed by atoms with van der Waals surface area (Å²) in [6.45, 7) is 3.25. The maximum absolute atomic E-state index is 12.3. The maximum Gasteiger partial charge on any atom is 0.241 e. The second-order valence-corrected chi connectivity index (χ2v) is 6.80. The summed E-state index contributed by atoms with van der Waals surface area (Å²) in [6.07, 6.45) is 2.37. The highest BCUT2D eigenvalue weighted by atomic mass is 16.5. The number of hydrogen-bond donors (Lipinski definition) is 2. The minimum atomic E-state index is -0.104. The molecule has 1 unspecified atom stereocenters. The van der Waals surface area contributed by atoms with E-state index in [-0.39, 0.29) is 18.6 Å². The Bertz CT molecular complexity index is 813. The molecular weight excluding hydrogens is 382 g/mol. The van der Waals surface area contributed by atoms with Crippen LogP contribution in [-0.4, -0.2) is 68.7 Å². The van der Waals surface area contributed by atoms with Crippen LogP contribution in [0.25, 0.3) is 0 Å². The Balaban J connectivity index is 1.70. The predicted molar refractivity (Wildman–Crippen MR) is 118 cm³/mol. The summed E-state index contributed by atoms with van der Waals surface area (Å²) < 4.78 is 11.1. The van der Waals surface area contributed by atoms with Gasteiger partial charge in [-0.1, -0.05) is 12.1 Å². The van der Waals surface area contributed by atoms with Gasteiger partial charge in [-0.2, -0.15) is 0 Å². The molecule has 2 rings (SSSR count). The molecule has 0 saturated carbocycles. The quantitative estimate of drug-likeness (QED) is 0.456. The summed E-state index contributed by atoms with van der Waals surface area (Å²) in [4.78, 5) is 22.5. The highest BCUT2D eigenvalue weighted by Crippen LogP contribution is 2.19. The number of aliphatic imine (C=N–C) groups is 1. The van der Waals surface area contributed by atoms with E-state index in [0.717, 1.165) is 23.6 Å². The molecule has 1 aromatic heterocycles. The van der Waals surface area contributed by atoms with Crippen LogP contribution in [0, 0.1) is 0 Å². The first-order chi connectivity index (χ1) is 14.5. The molecule has 8 heteroatoms. The SMILES string of the molecule is CN=C(NCC(=O)N(C)CCc1ccccn1)NCC(C)Oc1cccc(OC)c1. The van der Waals surface area contributed by atoms with Crippen molar-refractivity contribution in [1.82, 2.24) is 20.5 Å². The van der Waals surface area contributed by atoms with Crippen LogP contribution in [-0.2, 0) is 11.2 Å². The van der Waals surface area contributed by atoms with Crippen LogP contribution in [0.3, 0.4) is 0 Å². The number of rotatable bonds is 10. The van der Waals surface area contributed by atoms with E-state index in [9.17, 15) is 4.79 Å². The van der Waals surface area contributed by atoms with Crippen LogP contribution in [0.15, 0.2) is 53.7 Å². The number of nitrogens with zero attached hydrogens (tertiary/aromatic N) is 3. The lowest BCUT2D eigenvalue weighted by atomic mass is 10.2. The van der Waals surface area contributed by atoms with E-state index in [4.69, 9.17) is 9.47 Å². The van der Waals surface area contributed by atoms with Crippen molar-refractivity contribution in [3.63, 3.8) is 0 Å². The average Bonchev–Trinajstić information content (AvgIpc) is 2.78. The fourth-order valence-corrected chi connectivity index (χ4v) is 2.66. The van der Waals surface area contributed by atoms with Crippen molar-refractivity contribution in [2.75, 3.05) is 40.8 Å². The van der Waals surface area contributed by atoms with Crippen molar-refractivity contribution in [1.29, 1.82) is 0 Å². The number of nitrogens with one attached hydrogen (secondary N) is 2. The summed E-state index contributed by atoms with van der Waals surface area (Å²) in [7, 11) is 5.07. The largest absolute Gasteiger partial charge is 0.497 e. The van der Waals surface area contributed by atoms with Crippen LogP contribution in [0.5, 0.6) is 11.5 Å². The molecule has 0 bridgehead atoms. The molecule has 0 saturated heterocycles. The number of carbonyl (C=O) groups is 1. The van der Waals surface area contributed by atoms with Gasteiger partial charge in [0, 0.05) is 45.0 Å². The maximum atomic E-state index is 12.3. The molecule has 1 amide bonds. The van der Waals surface area contributed by atoms with Gasteiger partial charge in [-0.25, -0.2) is 0 Å². The second kappa shape index (κ2) is 12.3. The lowest BCUT2D eigenvalue weighted by molar-refractivity contribution is -0.128. The number of hydrogen-bond acceptors (Lipinski definition) is 5. The molecule has 8 nitrogen and oxygen atoms in total. The Kier molecular flexibility index (Phi) is 9.44. The summed E-state index contributed by atoms with van der Waals surface area (Å²) in [5.74, 6) is 2.00. The Hall–Kier alpha value is -3.29. The Morgan fingerprint density at radius 3 is 2.70 bits per heavy atom. The van der Waals surface area contributed by atoms with Gasteiger partial charge in [0.25, 0.3) is 0 Å². The third kappa shape index (κ3) is 7.98. The zero-order valence-electron chi connectivity index (χ0n) is 18.1. The molecule has 0 spiro atoms. The van der Waals surface area contributed by atoms with Crippen LogP contribution < -0.4 is 20.1 Å². The van der Waals surface area contributed by atoms with Gasteiger partial charge in [0.1, 0.15) is 17.6 Å². The molecule has 30 heavy (non-hydrogen) atoms. The molecule has 0 aliphatic rings. The topological polar surface area (TPSA) is 88.1 Å². The third-order valence-electron chi connectivity index (χ3n) is 4.42. The Labute approximate surface area is 178 Å². The van der Waals surface area contributed by atoms with Crippen molar-refractivity contribution in [2.24, 2.45) is 4.99 Å². The number of aromatic nitrogens is 1. The summed E-state index contributed by atoms with van der Waals surface area (Å²) >= 11 is 0. The molecule has 162 valence electrons. The summed E-state index contributed by atoms with van der Waals surface area (Å²) in [5.41, 5.74) is 0.965. The van der Waals surface area contributed by atoms with Crippen molar-refractivity contribution in [3.8, 4) is 11.5 Å². The van der Waals surface area contributed by atoms with Gasteiger partial charge in [0.15, 0.2) is 5.96 Å². The van der Waals surface area contributed by atoms with E-state index in [1.165, 1.54) is 0 Å². The predicted octanol–water partition coefficient (Wildman–Crippen LogP) is 1.72. The first-order valence-electron chi connectivity index (χ1n) is 9.91. The molecule has 2 aromatic rings. The van der Waals surface area contributed by atoms with Gasteiger partial charge in [0.2, 0.25) is 5.91 Å². The van der Waals surface area contributed by atoms with Gasteiger partial charge in [-0.15, -0.1) is 0 Å². The molecule has 0 radical (unpaired) electrons. The Morgan fingerprint density at radius 2 is 2.00 bits per heavy atom. The zero-order chi connectivity index (χ0) is 21.8. The average molecular weight is 414 g/mol. The number of ether oxygens (including phenoxy) is 2. The van der Waals surface area contributed by atoms with Gasteiger partial charge < -0.3 is 25.0 Å². The van der Waals surface area contributed by atoms with Crippen molar-refractivity contribution in [3.05, 3.63) is 54.4 Å². The van der Waals surface area contributed by atoms with E-state index in [2.05, 4.69) is 20.6 Å². The molecule has 0 fully saturated rings. The van der Waals surface area contributed by atoms with E-state index >= 15 is 0 Å². The van der Waals surface area contributed by atoms with Crippen molar-refractivity contribution < 1.29 is 14.3 Å². The van der Waals surface area contributed by atoms with Gasteiger partial charge >= 0.3 is 0 Å². The van der Waals surface area contributed by atoms with Crippen molar-refractivity contribution in [2.45, 2.75) is 19.4 Å². The van der Waals surface area contributed by atoms with E-state index in [0.29, 0.717) is 19.0 Å². The minimum absolute atomic E-state index is 0.0189. The fraction of sp³-hybridized carbons (Fsp3) is 0.409. The molecular formula is C22H31N5O3. The zero-order valence-corrected chi connectivity index (χ0v) is 18.1. The van der Waals surface area contributed by atoms with Gasteiger partial charge in [0.05, 0.1) is 20.2 Å². The fourth-order valence-electron chi connectivity index (χ4n) is 2.66. The number of pyridine rings is 1. The number of carbonyl (C=O) groups excluding carboxylic acids is 1. The van der Waals surface area contributed by atoms with Crippen LogP contribution in [0.2, 0.25) is 0 Å². The molecule has 0 aliphatic heterocycles. The van der Waals surface area contributed by atoms with E-state index in [1.807, 2.05) is 49.4 Å². The standard InChI is InChI=1S/C22H31N5O3/c1-17(30-20-10-7-9-19(14-20)29-4)15-25-22(23-2)26-16-21(28)27(3)13-11-18-8-5-6-12-24-18/h5-10,12,14,17H,11,13,15-16H2,1-4H3,(H2,23,25,26). The molecule has 1 heterocycles. The van der Waals surface area contributed by atoms with Gasteiger partial charge in [-0.05, 0) is 31.2 Å². The lowest BCUT2D eigenvalue weighted by Gasteiger charge is -2.20. The number of methoxy groups -OCH3 is 1. The third-order valence-corrected chi connectivity index (χ3v) is 4.42. The normalized spacial score (nSPS) is 12.1. The van der Waals surface area contributed by atoms with Gasteiger partial charge in [-0.3, -0.25) is 14.8 Å². The second-order valence-electron chi connectivity index (χ2n) is 6.80. The molecule has 1 atom stereocenters. The molecule has 2 N–H and O–H groups in total. The number of guanidine groups is 1. The first kappa shape index (κ1) is 23.0.